The minimum atomic E-state index is 0.123. The van der Waals surface area contributed by atoms with Crippen molar-refractivity contribution in [3.63, 3.8) is 0 Å². The normalized spacial score (nSPS) is 14.9. The molecule has 5 heteroatoms. The van der Waals surface area contributed by atoms with Gasteiger partial charge in [-0.25, -0.2) is 0 Å². The van der Waals surface area contributed by atoms with E-state index < -0.39 is 0 Å². The average Bonchev–Trinajstić information content (AvgIpc) is 2.61. The Morgan fingerprint density at radius 1 is 1.53 bits per heavy atom. The molecule has 0 aliphatic heterocycles. The Balaban J connectivity index is 2.89. The number of hydrogen-bond donors (Lipinski definition) is 1. The van der Waals surface area contributed by atoms with Crippen LogP contribution in [0.1, 0.15) is 38.9 Å². The fourth-order valence-corrected chi connectivity index (χ4v) is 2.51. The van der Waals surface area contributed by atoms with Crippen molar-refractivity contribution in [3.8, 4) is 0 Å². The van der Waals surface area contributed by atoms with E-state index in [1.54, 1.807) is 0 Å². The summed E-state index contributed by atoms with van der Waals surface area (Å²) in [5.41, 5.74) is 1.14. The van der Waals surface area contributed by atoms with E-state index in [-0.39, 0.29) is 12.1 Å². The molecule has 0 aliphatic carbocycles. The molecule has 0 radical (unpaired) electrons. The van der Waals surface area contributed by atoms with E-state index >= 15 is 0 Å². The summed E-state index contributed by atoms with van der Waals surface area (Å²) in [6, 6.07) is 0.164. The van der Waals surface area contributed by atoms with E-state index in [9.17, 15) is 0 Å². The van der Waals surface area contributed by atoms with Gasteiger partial charge < -0.3 is 10.1 Å². The average molecular weight is 304 g/mol. The van der Waals surface area contributed by atoms with Crippen molar-refractivity contribution in [3.05, 3.63) is 16.4 Å². The van der Waals surface area contributed by atoms with E-state index in [0.29, 0.717) is 0 Å². The van der Waals surface area contributed by atoms with Crippen LogP contribution in [0, 0.1) is 0 Å². The largest absolute Gasteiger partial charge is 0.377 e. The van der Waals surface area contributed by atoms with E-state index in [1.807, 2.05) is 24.9 Å². The Bertz CT molecular complexity index is 321. The second kappa shape index (κ2) is 7.13. The predicted molar refractivity (Wildman–Crippen MR) is 73.0 cm³/mol. The van der Waals surface area contributed by atoms with Gasteiger partial charge in [0.05, 0.1) is 28.5 Å². The molecule has 2 atom stereocenters. The van der Waals surface area contributed by atoms with Crippen LogP contribution in [-0.4, -0.2) is 29.0 Å². The maximum absolute atomic E-state index is 5.71. The summed E-state index contributed by atoms with van der Waals surface area (Å²) in [6.07, 6.45) is 3.05. The summed E-state index contributed by atoms with van der Waals surface area (Å²) in [5, 5.41) is 7.78. The molecule has 4 nitrogen and oxygen atoms in total. The third-order valence-corrected chi connectivity index (χ3v) is 3.36. The molecule has 0 fully saturated rings. The summed E-state index contributed by atoms with van der Waals surface area (Å²) in [5.74, 6) is 0. The van der Waals surface area contributed by atoms with Crippen molar-refractivity contribution in [2.45, 2.75) is 39.3 Å². The first-order valence-corrected chi connectivity index (χ1v) is 6.93. The van der Waals surface area contributed by atoms with E-state index in [2.05, 4.69) is 40.2 Å². The van der Waals surface area contributed by atoms with Gasteiger partial charge in [-0.1, -0.05) is 6.92 Å². The minimum absolute atomic E-state index is 0.123. The topological polar surface area (TPSA) is 39.1 Å². The van der Waals surface area contributed by atoms with Gasteiger partial charge in [-0.05, 0) is 42.7 Å². The number of halogens is 1. The molecule has 0 aliphatic rings. The maximum Gasteiger partial charge on any atom is 0.0767 e. The number of ether oxygens (including phenoxy) is 1. The van der Waals surface area contributed by atoms with Gasteiger partial charge in [0.15, 0.2) is 0 Å². The molecule has 17 heavy (non-hydrogen) atoms. The number of nitrogens with zero attached hydrogens (tertiary/aromatic N) is 2. The third-order valence-electron chi connectivity index (χ3n) is 2.75. The standard InChI is InChI=1S/C12H22BrN3O/c1-5-7-14-11(9(3)17-6-2)12-10(13)8-15-16(12)4/h8-9,11,14H,5-7H2,1-4H3. The van der Waals surface area contributed by atoms with Gasteiger partial charge in [0, 0.05) is 13.7 Å². The van der Waals surface area contributed by atoms with Crippen LogP contribution < -0.4 is 5.32 Å². The first-order valence-electron chi connectivity index (χ1n) is 6.14. The molecule has 1 rings (SSSR count). The lowest BCUT2D eigenvalue weighted by Crippen LogP contribution is -2.34. The highest BCUT2D eigenvalue weighted by Crippen LogP contribution is 2.26. The number of aromatic nitrogens is 2. The maximum atomic E-state index is 5.71. The van der Waals surface area contributed by atoms with Crippen LogP contribution in [0.2, 0.25) is 0 Å². The Morgan fingerprint density at radius 3 is 2.71 bits per heavy atom. The lowest BCUT2D eigenvalue weighted by atomic mass is 10.1. The van der Waals surface area contributed by atoms with Crippen molar-refractivity contribution >= 4 is 15.9 Å². The lowest BCUT2D eigenvalue weighted by Gasteiger charge is -2.25. The van der Waals surface area contributed by atoms with Gasteiger partial charge in [0.1, 0.15) is 0 Å². The van der Waals surface area contributed by atoms with Gasteiger partial charge in [-0.2, -0.15) is 5.10 Å². The zero-order chi connectivity index (χ0) is 12.8. The van der Waals surface area contributed by atoms with E-state index in [1.165, 1.54) is 0 Å². The van der Waals surface area contributed by atoms with E-state index in [4.69, 9.17) is 4.74 Å². The molecule has 0 spiro atoms. The monoisotopic (exact) mass is 303 g/mol. The Labute approximate surface area is 112 Å². The molecule has 0 saturated carbocycles. The van der Waals surface area contributed by atoms with Crippen LogP contribution in [0.15, 0.2) is 10.7 Å². The van der Waals surface area contributed by atoms with Gasteiger partial charge >= 0.3 is 0 Å². The fourth-order valence-electron chi connectivity index (χ4n) is 1.91. The van der Waals surface area contributed by atoms with Crippen molar-refractivity contribution in [1.82, 2.24) is 15.1 Å². The van der Waals surface area contributed by atoms with Gasteiger partial charge in [-0.3, -0.25) is 4.68 Å². The van der Waals surface area contributed by atoms with Crippen LogP contribution in [0.3, 0.4) is 0 Å². The highest BCUT2D eigenvalue weighted by molar-refractivity contribution is 9.10. The SMILES string of the molecule is CCCNC(c1c(Br)cnn1C)C(C)OCC. The summed E-state index contributed by atoms with van der Waals surface area (Å²) < 4.78 is 8.63. The summed E-state index contributed by atoms with van der Waals surface area (Å²) in [6.45, 7) is 7.97. The lowest BCUT2D eigenvalue weighted by molar-refractivity contribution is 0.0449. The second-order valence-electron chi connectivity index (χ2n) is 4.09. The zero-order valence-corrected chi connectivity index (χ0v) is 12.6. The first kappa shape index (κ1) is 14.7. The number of aryl methyl sites for hydroxylation is 1. The number of rotatable bonds is 7. The molecule has 1 aromatic heterocycles. The smallest absolute Gasteiger partial charge is 0.0767 e. The zero-order valence-electron chi connectivity index (χ0n) is 11.0. The third kappa shape index (κ3) is 3.79. The molecule has 0 aromatic carbocycles. The fraction of sp³-hybridized carbons (Fsp3) is 0.750. The summed E-state index contributed by atoms with van der Waals surface area (Å²) >= 11 is 3.55. The molecule has 0 bridgehead atoms. The number of hydrogen-bond acceptors (Lipinski definition) is 3. The molecule has 1 aromatic rings. The van der Waals surface area contributed by atoms with Crippen molar-refractivity contribution in [1.29, 1.82) is 0 Å². The second-order valence-corrected chi connectivity index (χ2v) is 4.95. The predicted octanol–water partition coefficient (Wildman–Crippen LogP) is 2.65. The molecule has 1 heterocycles. The molecular formula is C12H22BrN3O. The van der Waals surface area contributed by atoms with Crippen LogP contribution >= 0.6 is 15.9 Å². The molecular weight excluding hydrogens is 282 g/mol. The molecule has 2 unspecified atom stereocenters. The first-order chi connectivity index (χ1) is 8.11. The molecule has 1 N–H and O–H groups in total. The summed E-state index contributed by atoms with van der Waals surface area (Å²) in [7, 11) is 1.96. The van der Waals surface area contributed by atoms with Gasteiger partial charge in [0.25, 0.3) is 0 Å². The van der Waals surface area contributed by atoms with Crippen LogP contribution in [0.4, 0.5) is 0 Å². The Hall–Kier alpha value is -0.390. The van der Waals surface area contributed by atoms with Gasteiger partial charge in [-0.15, -0.1) is 0 Å². The molecule has 98 valence electrons. The number of nitrogens with one attached hydrogen (secondary N) is 1. The van der Waals surface area contributed by atoms with Crippen LogP contribution in [-0.2, 0) is 11.8 Å². The molecule has 0 amide bonds. The molecule has 0 saturated heterocycles. The Kier molecular flexibility index (Phi) is 6.16. The van der Waals surface area contributed by atoms with Crippen molar-refractivity contribution < 1.29 is 4.74 Å². The van der Waals surface area contributed by atoms with E-state index in [0.717, 1.165) is 29.7 Å². The quantitative estimate of drug-likeness (QED) is 0.842. The van der Waals surface area contributed by atoms with Crippen LogP contribution in [0.5, 0.6) is 0 Å². The minimum Gasteiger partial charge on any atom is -0.377 e. The van der Waals surface area contributed by atoms with Crippen molar-refractivity contribution in [2.75, 3.05) is 13.2 Å². The van der Waals surface area contributed by atoms with Crippen molar-refractivity contribution in [2.24, 2.45) is 7.05 Å². The Morgan fingerprint density at radius 2 is 2.24 bits per heavy atom. The highest BCUT2D eigenvalue weighted by Gasteiger charge is 2.24. The van der Waals surface area contributed by atoms with Gasteiger partial charge in [0.2, 0.25) is 0 Å². The highest BCUT2D eigenvalue weighted by atomic mass is 79.9. The van der Waals surface area contributed by atoms with Crippen LogP contribution in [0.25, 0.3) is 0 Å². The summed E-state index contributed by atoms with van der Waals surface area (Å²) in [4.78, 5) is 0.